The van der Waals surface area contributed by atoms with Crippen LogP contribution in [0.5, 0.6) is 0 Å². The fourth-order valence-corrected chi connectivity index (χ4v) is 1.88. The van der Waals surface area contributed by atoms with Gasteiger partial charge in [0.05, 0.1) is 11.8 Å². The van der Waals surface area contributed by atoms with Crippen LogP contribution in [0.15, 0.2) is 52.0 Å². The summed E-state index contributed by atoms with van der Waals surface area (Å²) < 4.78 is 7.75. The third kappa shape index (κ3) is 7.71. The Bertz CT molecular complexity index is 781. The van der Waals surface area contributed by atoms with E-state index >= 15 is 0 Å². The molecule has 11 heteroatoms. The maximum atomic E-state index is 11.6. The van der Waals surface area contributed by atoms with Crippen LogP contribution in [0, 0.1) is 5.53 Å². The van der Waals surface area contributed by atoms with Gasteiger partial charge in [0, 0.05) is 24.3 Å². The molecule has 0 aliphatic rings. The highest BCUT2D eigenvalue weighted by atomic mass is 35.5. The number of hydrogen-bond donors (Lipinski definition) is 4. The Hall–Kier alpha value is -3.01. The number of rotatable bonds is 5. The molecule has 2 aromatic rings. The summed E-state index contributed by atoms with van der Waals surface area (Å²) in [5, 5.41) is 11.7. The molecule has 140 valence electrons. The lowest BCUT2D eigenvalue weighted by Gasteiger charge is -2.20. The highest BCUT2D eigenvalue weighted by Gasteiger charge is 2.16. The van der Waals surface area contributed by atoms with E-state index in [0.29, 0.717) is 12.4 Å². The number of amides is 1. The van der Waals surface area contributed by atoms with Crippen molar-refractivity contribution in [3.8, 4) is 0 Å². The molecule has 0 spiro atoms. The maximum absolute atomic E-state index is 11.6. The van der Waals surface area contributed by atoms with Crippen molar-refractivity contribution in [3.63, 3.8) is 0 Å². The molecule has 0 unspecified atom stereocenters. The number of pyridine rings is 1. The van der Waals surface area contributed by atoms with Crippen LogP contribution in [0.2, 0.25) is 0 Å². The molecule has 2 heterocycles. The maximum Gasteiger partial charge on any atom is 0.413 e. The van der Waals surface area contributed by atoms with Crippen LogP contribution in [-0.4, -0.2) is 21.7 Å². The molecule has 0 aliphatic carbocycles. The van der Waals surface area contributed by atoms with Gasteiger partial charge in [0.1, 0.15) is 17.1 Å². The first-order valence-corrected chi connectivity index (χ1v) is 7.82. The predicted molar refractivity (Wildman–Crippen MR) is 97.3 cm³/mol. The molecule has 0 aromatic carbocycles. The quantitative estimate of drug-likeness (QED) is 0.456. The van der Waals surface area contributed by atoms with E-state index in [2.05, 4.69) is 54.0 Å². The number of H-pyrrole nitrogens is 1. The number of nitrogens with one attached hydrogen (secondary N) is 4. The molecular weight excluding hydrogens is 360 g/mol. The van der Waals surface area contributed by atoms with E-state index in [1.54, 1.807) is 6.20 Å². The molecule has 0 radical (unpaired) electrons. The van der Waals surface area contributed by atoms with Gasteiger partial charge in [-0.1, -0.05) is 11.2 Å². The van der Waals surface area contributed by atoms with Gasteiger partial charge in [-0.2, -0.15) is 5.53 Å². The molecule has 0 saturated carbocycles. The standard InChI is InChI=1S/C15H20N4O2.ClHN4/c1-10(19-14(20)21-15(2,3)4)17-8-11-9-18-13-12(11)6-5-7-16-13;1-3-5-4-2/h5-7,9,17H,1,8H2,2-4H3,(H,16,18)(H,19,20);2H. The first-order chi connectivity index (χ1) is 12.3. The van der Waals surface area contributed by atoms with Crippen LogP contribution in [-0.2, 0) is 11.3 Å². The van der Waals surface area contributed by atoms with E-state index in [1.807, 2.05) is 39.1 Å². The van der Waals surface area contributed by atoms with E-state index in [-0.39, 0.29) is 0 Å². The molecule has 1 amide bonds. The number of halogens is 1. The van der Waals surface area contributed by atoms with Gasteiger partial charge in [-0.3, -0.25) is 5.32 Å². The van der Waals surface area contributed by atoms with Gasteiger partial charge in [-0.15, -0.1) is 0 Å². The lowest BCUT2D eigenvalue weighted by Crippen LogP contribution is -2.35. The first kappa shape index (κ1) is 21.0. The number of aromatic nitrogens is 2. The van der Waals surface area contributed by atoms with E-state index in [0.717, 1.165) is 16.6 Å². The lowest BCUT2D eigenvalue weighted by atomic mass is 10.2. The van der Waals surface area contributed by atoms with Crippen LogP contribution in [0.25, 0.3) is 11.0 Å². The number of aromatic amines is 1. The van der Waals surface area contributed by atoms with E-state index < -0.39 is 11.7 Å². The summed E-state index contributed by atoms with van der Waals surface area (Å²) in [6.45, 7) is 9.71. The summed E-state index contributed by atoms with van der Waals surface area (Å²) in [6.07, 6.45) is 3.09. The summed E-state index contributed by atoms with van der Waals surface area (Å²) in [7, 11) is 0. The van der Waals surface area contributed by atoms with E-state index in [9.17, 15) is 4.79 Å². The molecular formula is C15H21ClN8O2. The summed E-state index contributed by atoms with van der Waals surface area (Å²) >= 11 is 4.55. The van der Waals surface area contributed by atoms with Crippen molar-refractivity contribution in [1.29, 1.82) is 5.53 Å². The average Bonchev–Trinajstić information content (AvgIpc) is 2.95. The third-order valence-electron chi connectivity index (χ3n) is 2.76. The minimum atomic E-state index is -0.535. The number of carbonyl (C=O) groups is 1. The minimum Gasteiger partial charge on any atom is -0.444 e. The van der Waals surface area contributed by atoms with Crippen LogP contribution < -0.4 is 10.6 Å². The van der Waals surface area contributed by atoms with Gasteiger partial charge in [0.15, 0.2) is 0 Å². The van der Waals surface area contributed by atoms with Crippen molar-refractivity contribution >= 4 is 28.9 Å². The fraction of sp³-hybridized carbons (Fsp3) is 0.333. The lowest BCUT2D eigenvalue weighted by molar-refractivity contribution is 0.0542. The Labute approximate surface area is 155 Å². The molecule has 0 aliphatic heterocycles. The largest absolute Gasteiger partial charge is 0.444 e. The van der Waals surface area contributed by atoms with Gasteiger partial charge in [-0.25, -0.2) is 9.78 Å². The van der Waals surface area contributed by atoms with Crippen molar-refractivity contribution in [2.45, 2.75) is 32.9 Å². The normalized spacial score (nSPS) is 10.8. The highest BCUT2D eigenvalue weighted by molar-refractivity contribution is 6.13. The van der Waals surface area contributed by atoms with Crippen molar-refractivity contribution in [1.82, 2.24) is 20.6 Å². The van der Waals surface area contributed by atoms with E-state index in [1.165, 1.54) is 0 Å². The van der Waals surface area contributed by atoms with Crippen LogP contribution in [0.4, 0.5) is 4.79 Å². The zero-order chi connectivity index (χ0) is 19.6. The summed E-state index contributed by atoms with van der Waals surface area (Å²) in [5.74, 6) is 0.391. The zero-order valence-electron chi connectivity index (χ0n) is 14.7. The second kappa shape index (κ2) is 10.1. The number of carbonyl (C=O) groups excluding carboxylic acids is 1. The molecule has 0 saturated heterocycles. The number of ether oxygens (including phenoxy) is 1. The van der Waals surface area contributed by atoms with E-state index in [4.69, 9.17) is 10.3 Å². The molecule has 4 N–H and O–H groups in total. The molecule has 0 atom stereocenters. The van der Waals surface area contributed by atoms with Crippen LogP contribution >= 0.6 is 11.8 Å². The molecule has 10 nitrogen and oxygen atoms in total. The Morgan fingerprint density at radius 1 is 1.50 bits per heavy atom. The number of fused-ring (bicyclic) bond motifs is 1. The second-order valence-electron chi connectivity index (χ2n) is 5.94. The highest BCUT2D eigenvalue weighted by Crippen LogP contribution is 2.15. The Morgan fingerprint density at radius 3 is 2.81 bits per heavy atom. The van der Waals surface area contributed by atoms with Gasteiger partial charge in [0.25, 0.3) is 0 Å². The number of alkyl carbamates (subject to hydrolysis) is 1. The average molecular weight is 381 g/mol. The van der Waals surface area contributed by atoms with Crippen molar-refractivity contribution in [2.24, 2.45) is 15.1 Å². The molecule has 2 aromatic heterocycles. The second-order valence-corrected chi connectivity index (χ2v) is 6.09. The summed E-state index contributed by atoms with van der Waals surface area (Å²) in [4.78, 5) is 18.9. The summed E-state index contributed by atoms with van der Waals surface area (Å²) in [6, 6.07) is 3.87. The monoisotopic (exact) mass is 380 g/mol. The topological polar surface area (TPSA) is 140 Å². The van der Waals surface area contributed by atoms with Gasteiger partial charge >= 0.3 is 6.09 Å². The zero-order valence-corrected chi connectivity index (χ0v) is 15.5. The Kier molecular flexibility index (Phi) is 8.16. The van der Waals surface area contributed by atoms with Gasteiger partial charge < -0.3 is 15.0 Å². The molecule has 0 bridgehead atoms. The SMILES string of the molecule is C=C(NCc1c[nH]c2ncccc12)NC(=O)OC(C)(C)C.N=NN=NCl. The third-order valence-corrected chi connectivity index (χ3v) is 2.83. The van der Waals surface area contributed by atoms with Crippen molar-refractivity contribution in [3.05, 3.63) is 42.5 Å². The number of hydrogen-bond acceptors (Lipinski definition) is 6. The minimum absolute atomic E-state index is 0.391. The molecule has 26 heavy (non-hydrogen) atoms. The first-order valence-electron chi connectivity index (χ1n) is 7.48. The van der Waals surface area contributed by atoms with Gasteiger partial charge in [-0.05, 0) is 48.9 Å². The predicted octanol–water partition coefficient (Wildman–Crippen LogP) is 4.19. The smallest absolute Gasteiger partial charge is 0.413 e. The summed E-state index contributed by atoms with van der Waals surface area (Å²) in [5.41, 5.74) is 7.23. The van der Waals surface area contributed by atoms with Crippen LogP contribution in [0.3, 0.4) is 0 Å². The Balaban J connectivity index is 0.000000597. The Morgan fingerprint density at radius 2 is 2.23 bits per heavy atom. The molecule has 2 rings (SSSR count). The molecule has 0 fully saturated rings. The van der Waals surface area contributed by atoms with Crippen LogP contribution in [0.1, 0.15) is 26.3 Å². The van der Waals surface area contributed by atoms with Crippen molar-refractivity contribution in [2.75, 3.05) is 0 Å². The van der Waals surface area contributed by atoms with Crippen molar-refractivity contribution < 1.29 is 9.53 Å². The van der Waals surface area contributed by atoms with Gasteiger partial charge in [0.2, 0.25) is 0 Å². The number of nitrogens with zero attached hydrogens (tertiary/aromatic N) is 4. The fourth-order valence-electron chi connectivity index (χ4n) is 1.85.